The van der Waals surface area contributed by atoms with Crippen LogP contribution >= 0.6 is 0 Å². The van der Waals surface area contributed by atoms with Gasteiger partial charge in [-0.15, -0.1) is 0 Å². The van der Waals surface area contributed by atoms with Crippen molar-refractivity contribution in [2.75, 3.05) is 5.73 Å². The van der Waals surface area contributed by atoms with Gasteiger partial charge in [-0.2, -0.15) is 15.0 Å². The molecular formula is C13H16N4O. The second kappa shape index (κ2) is 4.68. The van der Waals surface area contributed by atoms with E-state index in [-0.39, 0.29) is 0 Å². The van der Waals surface area contributed by atoms with Crippen LogP contribution in [0.25, 0.3) is 0 Å². The summed E-state index contributed by atoms with van der Waals surface area (Å²) in [5.74, 6) is 0.804. The Morgan fingerprint density at radius 2 is 2.06 bits per heavy atom. The van der Waals surface area contributed by atoms with Crippen LogP contribution in [0.5, 0.6) is 5.75 Å². The quantitative estimate of drug-likeness (QED) is 0.812. The molecule has 1 aromatic carbocycles. The molecule has 5 heteroatoms. The number of aromatic nitrogens is 3. The third-order valence-electron chi connectivity index (χ3n) is 2.96. The van der Waals surface area contributed by atoms with Crippen molar-refractivity contribution in [3.63, 3.8) is 0 Å². The summed E-state index contributed by atoms with van der Waals surface area (Å²) in [6, 6.07) is 5.98. The molecule has 5 nitrogen and oxygen atoms in total. The van der Waals surface area contributed by atoms with E-state index < -0.39 is 0 Å². The molecule has 1 aliphatic rings. The summed E-state index contributed by atoms with van der Waals surface area (Å²) in [7, 11) is 0. The Balaban J connectivity index is 1.63. The van der Waals surface area contributed by atoms with Gasteiger partial charge in [-0.05, 0) is 37.0 Å². The predicted octanol–water partition coefficient (Wildman–Crippen LogP) is 1.64. The summed E-state index contributed by atoms with van der Waals surface area (Å²) in [5, 5.41) is 8.14. The third kappa shape index (κ3) is 2.61. The number of aryl methyl sites for hydroxylation is 2. The molecule has 0 aliphatic heterocycles. The van der Waals surface area contributed by atoms with Gasteiger partial charge in [-0.25, -0.2) is 0 Å². The van der Waals surface area contributed by atoms with Crippen molar-refractivity contribution < 1.29 is 4.74 Å². The molecule has 0 unspecified atom stereocenters. The third-order valence-corrected chi connectivity index (χ3v) is 2.96. The molecule has 1 aromatic heterocycles. The van der Waals surface area contributed by atoms with Gasteiger partial charge >= 0.3 is 0 Å². The van der Waals surface area contributed by atoms with E-state index in [0.717, 1.165) is 31.6 Å². The summed E-state index contributed by atoms with van der Waals surface area (Å²) < 4.78 is 5.71. The molecule has 0 saturated heterocycles. The first-order valence-electron chi connectivity index (χ1n) is 6.20. The molecule has 0 radical (unpaired) electrons. The maximum absolute atomic E-state index is 5.98. The normalized spacial score (nSPS) is 14.7. The van der Waals surface area contributed by atoms with Crippen molar-refractivity contribution >= 4 is 5.69 Å². The van der Waals surface area contributed by atoms with Crippen LogP contribution in [0.1, 0.15) is 18.4 Å². The van der Waals surface area contributed by atoms with Crippen molar-refractivity contribution in [3.8, 4) is 5.75 Å². The molecule has 94 valence electrons. The summed E-state index contributed by atoms with van der Waals surface area (Å²) in [5.41, 5.74) is 7.87. The molecule has 1 heterocycles. The Hall–Kier alpha value is -2.04. The average Bonchev–Trinajstić information content (AvgIpc) is 3.03. The fourth-order valence-corrected chi connectivity index (χ4v) is 1.81. The first-order valence-corrected chi connectivity index (χ1v) is 6.20. The number of rotatable bonds is 5. The van der Waals surface area contributed by atoms with Crippen LogP contribution in [-0.4, -0.2) is 21.1 Å². The van der Waals surface area contributed by atoms with Crippen molar-refractivity contribution in [2.45, 2.75) is 31.9 Å². The summed E-state index contributed by atoms with van der Waals surface area (Å²) >= 11 is 0. The first-order chi connectivity index (χ1) is 8.81. The van der Waals surface area contributed by atoms with E-state index in [9.17, 15) is 0 Å². The van der Waals surface area contributed by atoms with Crippen molar-refractivity contribution in [1.82, 2.24) is 15.0 Å². The van der Waals surface area contributed by atoms with E-state index in [1.807, 2.05) is 12.1 Å². The number of nitrogens with two attached hydrogens (primary N) is 1. The van der Waals surface area contributed by atoms with Gasteiger partial charge in [0.25, 0.3) is 0 Å². The topological polar surface area (TPSA) is 66.0 Å². The van der Waals surface area contributed by atoms with Gasteiger partial charge in [0, 0.05) is 0 Å². The fraction of sp³-hybridized carbons (Fsp3) is 0.385. The lowest BCUT2D eigenvalue weighted by atomic mass is 10.1. The molecular weight excluding hydrogens is 228 g/mol. The highest BCUT2D eigenvalue weighted by atomic mass is 16.5. The van der Waals surface area contributed by atoms with E-state index in [1.54, 1.807) is 17.2 Å². The number of ether oxygens (including phenoxy) is 1. The van der Waals surface area contributed by atoms with E-state index in [2.05, 4.69) is 16.3 Å². The Morgan fingerprint density at radius 3 is 2.72 bits per heavy atom. The Labute approximate surface area is 106 Å². The van der Waals surface area contributed by atoms with Crippen LogP contribution < -0.4 is 10.5 Å². The van der Waals surface area contributed by atoms with Gasteiger partial charge in [0.05, 0.1) is 30.7 Å². The molecule has 18 heavy (non-hydrogen) atoms. The Morgan fingerprint density at radius 1 is 1.28 bits per heavy atom. The van der Waals surface area contributed by atoms with Crippen molar-refractivity contribution in [3.05, 3.63) is 36.2 Å². The molecule has 0 atom stereocenters. The van der Waals surface area contributed by atoms with Gasteiger partial charge in [0.1, 0.15) is 5.75 Å². The molecule has 1 aliphatic carbocycles. The monoisotopic (exact) mass is 244 g/mol. The lowest BCUT2D eigenvalue weighted by molar-refractivity contribution is 0.305. The van der Waals surface area contributed by atoms with Gasteiger partial charge in [0.15, 0.2) is 0 Å². The maximum Gasteiger partial charge on any atom is 0.142 e. The molecule has 2 aromatic rings. The number of anilines is 1. The van der Waals surface area contributed by atoms with Gasteiger partial charge < -0.3 is 10.5 Å². The van der Waals surface area contributed by atoms with E-state index in [1.165, 1.54) is 5.56 Å². The minimum Gasteiger partial charge on any atom is -0.488 e. The van der Waals surface area contributed by atoms with Crippen LogP contribution in [0.3, 0.4) is 0 Å². The largest absolute Gasteiger partial charge is 0.488 e. The maximum atomic E-state index is 5.98. The van der Waals surface area contributed by atoms with Crippen LogP contribution in [0.2, 0.25) is 0 Å². The number of hydrogen-bond acceptors (Lipinski definition) is 4. The zero-order valence-corrected chi connectivity index (χ0v) is 10.1. The SMILES string of the molecule is Nc1cc(CCn2nccn2)ccc1OC1CC1. The molecule has 1 saturated carbocycles. The highest BCUT2D eigenvalue weighted by Crippen LogP contribution is 2.31. The Kier molecular flexibility index (Phi) is 2.88. The minimum atomic E-state index is 0.381. The van der Waals surface area contributed by atoms with Crippen LogP contribution in [0.15, 0.2) is 30.6 Å². The molecule has 0 amide bonds. The van der Waals surface area contributed by atoms with Crippen molar-refractivity contribution in [1.29, 1.82) is 0 Å². The van der Waals surface area contributed by atoms with Gasteiger partial charge in [-0.1, -0.05) is 6.07 Å². The molecule has 1 fully saturated rings. The van der Waals surface area contributed by atoms with Crippen LogP contribution in [0, 0.1) is 0 Å². The van der Waals surface area contributed by atoms with E-state index in [0.29, 0.717) is 11.8 Å². The highest BCUT2D eigenvalue weighted by molar-refractivity contribution is 5.54. The lowest BCUT2D eigenvalue weighted by Gasteiger charge is -2.09. The van der Waals surface area contributed by atoms with Crippen LogP contribution in [-0.2, 0) is 13.0 Å². The minimum absolute atomic E-state index is 0.381. The predicted molar refractivity (Wildman–Crippen MR) is 68.2 cm³/mol. The second-order valence-electron chi connectivity index (χ2n) is 4.56. The smallest absolute Gasteiger partial charge is 0.142 e. The first kappa shape index (κ1) is 11.1. The fourth-order valence-electron chi connectivity index (χ4n) is 1.81. The van der Waals surface area contributed by atoms with Gasteiger partial charge in [0.2, 0.25) is 0 Å². The number of benzene rings is 1. The average molecular weight is 244 g/mol. The number of hydrogen-bond donors (Lipinski definition) is 1. The molecule has 3 rings (SSSR count). The standard InChI is InChI=1S/C13H16N4O/c14-12-9-10(5-8-17-15-6-7-16-17)1-4-13(12)18-11-2-3-11/h1,4,6-7,9,11H,2-3,5,8,14H2. The zero-order chi connectivity index (χ0) is 12.4. The van der Waals surface area contributed by atoms with Gasteiger partial charge in [-0.3, -0.25) is 0 Å². The zero-order valence-electron chi connectivity index (χ0n) is 10.1. The Bertz CT molecular complexity index is 520. The van der Waals surface area contributed by atoms with Crippen molar-refractivity contribution in [2.24, 2.45) is 0 Å². The summed E-state index contributed by atoms with van der Waals surface area (Å²) in [4.78, 5) is 1.67. The van der Waals surface area contributed by atoms with Crippen LogP contribution in [0.4, 0.5) is 5.69 Å². The highest BCUT2D eigenvalue weighted by Gasteiger charge is 2.24. The summed E-state index contributed by atoms with van der Waals surface area (Å²) in [6.45, 7) is 0.759. The lowest BCUT2D eigenvalue weighted by Crippen LogP contribution is -2.05. The molecule has 2 N–H and O–H groups in total. The van der Waals surface area contributed by atoms with E-state index in [4.69, 9.17) is 10.5 Å². The van der Waals surface area contributed by atoms with E-state index >= 15 is 0 Å². The summed E-state index contributed by atoms with van der Waals surface area (Å²) in [6.07, 6.45) is 6.90. The molecule has 0 bridgehead atoms. The number of nitrogens with zero attached hydrogens (tertiary/aromatic N) is 3. The molecule has 0 spiro atoms. The second-order valence-corrected chi connectivity index (χ2v) is 4.56. The number of nitrogen functional groups attached to an aromatic ring is 1.